The molecule has 4 heterocycles. The number of nitrogens with zero attached hydrogens (tertiary/aromatic N) is 6. The molecule has 0 amide bonds. The summed E-state index contributed by atoms with van der Waals surface area (Å²) in [6.07, 6.45) is 4.58. The molecule has 1 saturated heterocycles. The van der Waals surface area contributed by atoms with E-state index < -0.39 is 10.0 Å². The molecule has 1 aromatic carbocycles. The average Bonchev–Trinajstić information content (AvgIpc) is 3.38. The number of hydrogen-bond donors (Lipinski definition) is 2. The summed E-state index contributed by atoms with van der Waals surface area (Å²) in [4.78, 5) is 15.3. The van der Waals surface area contributed by atoms with Crippen LogP contribution in [0.25, 0.3) is 11.0 Å². The molecule has 1 fully saturated rings. The molecule has 0 bridgehead atoms. The fourth-order valence-corrected chi connectivity index (χ4v) is 5.04. The highest BCUT2D eigenvalue weighted by Crippen LogP contribution is 2.23. The van der Waals surface area contributed by atoms with E-state index in [2.05, 4.69) is 42.6 Å². The van der Waals surface area contributed by atoms with Crippen molar-refractivity contribution in [3.8, 4) is 0 Å². The lowest BCUT2D eigenvalue weighted by Crippen LogP contribution is -2.43. The monoisotopic (exact) mass is 452 g/mol. The Labute approximate surface area is 186 Å². The predicted molar refractivity (Wildman–Crippen MR) is 123 cm³/mol. The Kier molecular flexibility index (Phi) is 5.06. The molecule has 32 heavy (non-hydrogen) atoms. The van der Waals surface area contributed by atoms with Crippen LogP contribution in [0.4, 0.5) is 17.3 Å². The van der Waals surface area contributed by atoms with Crippen LogP contribution in [0.1, 0.15) is 5.82 Å². The highest BCUT2D eigenvalue weighted by molar-refractivity contribution is 7.90. The first-order valence-corrected chi connectivity index (χ1v) is 11.8. The minimum absolute atomic E-state index is 0.0216. The zero-order chi connectivity index (χ0) is 22.3. The summed E-state index contributed by atoms with van der Waals surface area (Å²) >= 11 is 0. The molecule has 1 aliphatic heterocycles. The number of piperazine rings is 1. The number of rotatable bonds is 5. The van der Waals surface area contributed by atoms with Gasteiger partial charge < -0.3 is 20.1 Å². The van der Waals surface area contributed by atoms with Crippen LogP contribution in [0.2, 0.25) is 0 Å². The molecule has 0 saturated carbocycles. The number of anilines is 3. The molecule has 10 nitrogen and oxygen atoms in total. The molecule has 5 rings (SSSR count). The summed E-state index contributed by atoms with van der Waals surface area (Å²) in [6.45, 7) is 5.68. The number of fused-ring (bicyclic) bond motifs is 1. The number of aryl methyl sites for hydroxylation is 2. The Hall–Kier alpha value is -3.44. The van der Waals surface area contributed by atoms with Crippen LogP contribution in [0, 0.1) is 6.92 Å². The Morgan fingerprint density at radius 1 is 1.06 bits per heavy atom. The molecule has 3 aromatic heterocycles. The van der Waals surface area contributed by atoms with Crippen LogP contribution >= 0.6 is 0 Å². The maximum absolute atomic E-state index is 13.1. The summed E-state index contributed by atoms with van der Waals surface area (Å²) < 4.78 is 29.1. The maximum Gasteiger partial charge on any atom is 0.288 e. The van der Waals surface area contributed by atoms with Gasteiger partial charge in [0.05, 0.1) is 0 Å². The lowest BCUT2D eigenvalue weighted by Gasteiger charge is -2.29. The highest BCUT2D eigenvalue weighted by atomic mass is 32.2. The third kappa shape index (κ3) is 3.69. The molecule has 0 spiro atoms. The van der Waals surface area contributed by atoms with Crippen molar-refractivity contribution < 1.29 is 8.42 Å². The van der Waals surface area contributed by atoms with Crippen LogP contribution in [0.3, 0.4) is 0 Å². The Bertz CT molecular complexity index is 1350. The van der Waals surface area contributed by atoms with Crippen LogP contribution in [0.15, 0.2) is 53.9 Å². The summed E-state index contributed by atoms with van der Waals surface area (Å²) in [7, 11) is -2.12. The number of hydrogen-bond acceptors (Lipinski definition) is 8. The summed E-state index contributed by atoms with van der Waals surface area (Å²) in [5, 5.41) is 7.12. The number of imidazole rings is 1. The van der Waals surface area contributed by atoms with E-state index in [9.17, 15) is 8.42 Å². The van der Waals surface area contributed by atoms with E-state index >= 15 is 0 Å². The van der Waals surface area contributed by atoms with Crippen molar-refractivity contribution in [1.29, 1.82) is 0 Å². The van der Waals surface area contributed by atoms with Crippen LogP contribution in [0.5, 0.6) is 0 Å². The third-order valence-corrected chi connectivity index (χ3v) is 7.15. The molecule has 2 N–H and O–H groups in total. The molecular weight excluding hydrogens is 428 g/mol. The van der Waals surface area contributed by atoms with E-state index in [1.807, 2.05) is 12.1 Å². The summed E-state index contributed by atoms with van der Waals surface area (Å²) in [6, 6.07) is 9.73. The van der Waals surface area contributed by atoms with Gasteiger partial charge in [-0.1, -0.05) is 0 Å². The average molecular weight is 453 g/mol. The number of benzene rings is 1. The molecule has 4 aromatic rings. The van der Waals surface area contributed by atoms with E-state index in [0.717, 1.165) is 35.8 Å². The fourth-order valence-electron chi connectivity index (χ4n) is 3.71. The van der Waals surface area contributed by atoms with Crippen molar-refractivity contribution in [3.05, 3.63) is 54.7 Å². The van der Waals surface area contributed by atoms with Crippen LogP contribution < -0.4 is 15.5 Å². The molecule has 1 aliphatic rings. The fraction of sp³-hybridized carbons (Fsp3) is 0.286. The largest absolute Gasteiger partial charge is 0.369 e. The molecule has 0 atom stereocenters. The second-order valence-electron chi connectivity index (χ2n) is 7.74. The van der Waals surface area contributed by atoms with Crippen molar-refractivity contribution in [1.82, 2.24) is 28.8 Å². The Balaban J connectivity index is 1.42. The molecular formula is C21H24N8O2S. The van der Waals surface area contributed by atoms with Gasteiger partial charge >= 0.3 is 0 Å². The van der Waals surface area contributed by atoms with E-state index in [-0.39, 0.29) is 5.03 Å². The van der Waals surface area contributed by atoms with Crippen molar-refractivity contribution >= 4 is 38.4 Å². The van der Waals surface area contributed by atoms with Gasteiger partial charge in [-0.25, -0.2) is 13.9 Å². The van der Waals surface area contributed by atoms with E-state index in [1.165, 1.54) is 18.1 Å². The topological polar surface area (TPSA) is 110 Å². The normalized spacial score (nSPS) is 14.8. The van der Waals surface area contributed by atoms with Gasteiger partial charge in [0, 0.05) is 68.6 Å². The van der Waals surface area contributed by atoms with Crippen LogP contribution in [-0.2, 0) is 17.1 Å². The molecule has 0 radical (unpaired) electrons. The lowest BCUT2D eigenvalue weighted by molar-refractivity contribution is 0.585. The minimum Gasteiger partial charge on any atom is -0.369 e. The lowest BCUT2D eigenvalue weighted by atomic mass is 10.2. The zero-order valence-corrected chi connectivity index (χ0v) is 18.7. The molecule has 0 aliphatic carbocycles. The summed E-state index contributed by atoms with van der Waals surface area (Å²) in [5.41, 5.74) is 2.28. The van der Waals surface area contributed by atoms with Crippen molar-refractivity contribution in [2.24, 2.45) is 7.05 Å². The van der Waals surface area contributed by atoms with Gasteiger partial charge in [0.1, 0.15) is 5.82 Å². The minimum atomic E-state index is -3.88. The van der Waals surface area contributed by atoms with Gasteiger partial charge in [-0.3, -0.25) is 0 Å². The van der Waals surface area contributed by atoms with Gasteiger partial charge in [-0.15, -0.1) is 0 Å². The van der Waals surface area contributed by atoms with E-state index in [4.69, 9.17) is 0 Å². The standard InChI is InChI=1S/C21H24N8O2S/c1-15-24-19(14-27(15)2)32(30,31)29-10-7-16-13-23-21(26-20(16)29)25-17-3-5-18(6-4-17)28-11-8-22-9-12-28/h3-7,10,13-14,22H,8-9,11-12H2,1-2H3,(H,23,25,26). The second-order valence-corrected chi connectivity index (χ2v) is 9.50. The smallest absolute Gasteiger partial charge is 0.288 e. The predicted octanol–water partition coefficient (Wildman–Crippen LogP) is 1.86. The molecule has 11 heteroatoms. The molecule has 0 unspecified atom stereocenters. The first-order valence-electron chi connectivity index (χ1n) is 10.3. The van der Waals surface area contributed by atoms with Gasteiger partial charge in [-0.05, 0) is 37.3 Å². The van der Waals surface area contributed by atoms with Gasteiger partial charge in [0.2, 0.25) is 5.95 Å². The van der Waals surface area contributed by atoms with Crippen molar-refractivity contribution in [2.75, 3.05) is 36.4 Å². The van der Waals surface area contributed by atoms with Crippen molar-refractivity contribution in [2.45, 2.75) is 11.9 Å². The number of nitrogens with one attached hydrogen (secondary N) is 2. The number of aromatic nitrogens is 5. The third-order valence-electron chi connectivity index (χ3n) is 5.61. The second kappa shape index (κ2) is 7.92. The Morgan fingerprint density at radius 3 is 2.50 bits per heavy atom. The van der Waals surface area contributed by atoms with Crippen molar-refractivity contribution in [3.63, 3.8) is 0 Å². The van der Waals surface area contributed by atoms with Crippen LogP contribution in [-0.4, -0.2) is 58.1 Å². The highest BCUT2D eigenvalue weighted by Gasteiger charge is 2.23. The maximum atomic E-state index is 13.1. The van der Waals surface area contributed by atoms with Gasteiger partial charge in [0.15, 0.2) is 10.7 Å². The summed E-state index contributed by atoms with van der Waals surface area (Å²) in [5.74, 6) is 0.932. The SMILES string of the molecule is Cc1nc(S(=O)(=O)n2ccc3cnc(Nc4ccc(N5CCNCC5)cc4)nc32)cn1C. The van der Waals surface area contributed by atoms with E-state index in [1.54, 1.807) is 30.8 Å². The quantitative estimate of drug-likeness (QED) is 0.472. The molecule has 166 valence electrons. The zero-order valence-electron chi connectivity index (χ0n) is 17.9. The first-order chi connectivity index (χ1) is 15.4. The first kappa shape index (κ1) is 20.5. The van der Waals surface area contributed by atoms with E-state index in [0.29, 0.717) is 22.8 Å². The van der Waals surface area contributed by atoms with Gasteiger partial charge in [0.25, 0.3) is 10.0 Å². The Morgan fingerprint density at radius 2 is 1.81 bits per heavy atom. The van der Waals surface area contributed by atoms with Gasteiger partial charge in [-0.2, -0.15) is 13.4 Å².